The molecule has 1 aliphatic rings. The second-order valence-electron chi connectivity index (χ2n) is 6.60. The van der Waals surface area contributed by atoms with Gasteiger partial charge in [0.2, 0.25) is 0 Å². The third-order valence-electron chi connectivity index (χ3n) is 4.49. The molecule has 0 spiro atoms. The van der Waals surface area contributed by atoms with Crippen LogP contribution >= 0.6 is 11.6 Å². The van der Waals surface area contributed by atoms with Crippen molar-refractivity contribution in [3.05, 3.63) is 46.1 Å². The van der Waals surface area contributed by atoms with E-state index in [1.807, 2.05) is 6.92 Å². The number of alkyl halides is 3. The van der Waals surface area contributed by atoms with E-state index in [1.165, 1.54) is 6.07 Å². The molecule has 28 heavy (non-hydrogen) atoms. The van der Waals surface area contributed by atoms with Crippen LogP contribution in [0.1, 0.15) is 53.3 Å². The number of hydrogen-bond donors (Lipinski definition) is 1. The van der Waals surface area contributed by atoms with Gasteiger partial charge in [0.25, 0.3) is 5.91 Å². The summed E-state index contributed by atoms with van der Waals surface area (Å²) in [6.07, 6.45) is -1.35. The molecule has 1 N–H and O–H groups in total. The van der Waals surface area contributed by atoms with Gasteiger partial charge >= 0.3 is 6.18 Å². The minimum atomic E-state index is -4.61. The first-order valence-electron chi connectivity index (χ1n) is 8.74. The summed E-state index contributed by atoms with van der Waals surface area (Å²) in [5, 5.41) is 11.0. The van der Waals surface area contributed by atoms with Crippen LogP contribution in [0, 0.1) is 0 Å². The monoisotopic (exact) mass is 412 g/mol. The first kappa shape index (κ1) is 18.7. The molecule has 0 aromatic carbocycles. The molecule has 3 heterocycles. The van der Waals surface area contributed by atoms with Crippen LogP contribution < -0.4 is 5.32 Å². The Morgan fingerprint density at radius 1 is 1.32 bits per heavy atom. The highest BCUT2D eigenvalue weighted by atomic mass is 35.5. The van der Waals surface area contributed by atoms with Crippen LogP contribution in [0.25, 0.3) is 5.65 Å². The zero-order chi connectivity index (χ0) is 20.1. The maximum Gasteiger partial charge on any atom is 0.433 e. The number of aromatic nitrogens is 5. The van der Waals surface area contributed by atoms with E-state index in [-0.39, 0.29) is 23.8 Å². The number of halogens is 4. The van der Waals surface area contributed by atoms with Gasteiger partial charge in [0.1, 0.15) is 11.4 Å². The molecule has 0 saturated heterocycles. The van der Waals surface area contributed by atoms with E-state index >= 15 is 0 Å². The molecule has 1 saturated carbocycles. The Kier molecular flexibility index (Phi) is 4.53. The van der Waals surface area contributed by atoms with E-state index in [1.54, 1.807) is 10.9 Å². The molecule has 1 aliphatic carbocycles. The first-order valence-corrected chi connectivity index (χ1v) is 9.12. The van der Waals surface area contributed by atoms with Crippen LogP contribution in [-0.4, -0.2) is 30.3 Å². The lowest BCUT2D eigenvalue weighted by atomic mass is 10.2. The summed E-state index contributed by atoms with van der Waals surface area (Å²) in [7, 11) is 0. The lowest BCUT2D eigenvalue weighted by Crippen LogP contribution is -2.24. The highest BCUT2D eigenvalue weighted by Gasteiger charge is 2.37. The van der Waals surface area contributed by atoms with Gasteiger partial charge in [-0.15, -0.1) is 0 Å². The number of hydrogen-bond acceptors (Lipinski definition) is 4. The lowest BCUT2D eigenvalue weighted by molar-refractivity contribution is -0.142. The molecule has 0 radical (unpaired) electrons. The fourth-order valence-electron chi connectivity index (χ4n) is 2.87. The van der Waals surface area contributed by atoms with Gasteiger partial charge in [0.05, 0.1) is 11.6 Å². The van der Waals surface area contributed by atoms with Gasteiger partial charge in [-0.25, -0.2) is 9.50 Å². The molecule has 3 aromatic heterocycles. The van der Waals surface area contributed by atoms with Crippen molar-refractivity contribution in [2.45, 2.75) is 44.9 Å². The van der Waals surface area contributed by atoms with E-state index in [4.69, 9.17) is 11.6 Å². The smallest absolute Gasteiger partial charge is 0.345 e. The number of rotatable bonds is 5. The lowest BCUT2D eigenvalue weighted by Gasteiger charge is -2.10. The van der Waals surface area contributed by atoms with Gasteiger partial charge in [0.15, 0.2) is 11.3 Å². The summed E-state index contributed by atoms with van der Waals surface area (Å²) in [4.78, 5) is 16.6. The Morgan fingerprint density at radius 2 is 2.07 bits per heavy atom. The quantitative estimate of drug-likeness (QED) is 0.696. The molecule has 0 unspecified atom stereocenters. The Bertz CT molecular complexity index is 1050. The number of nitrogens with one attached hydrogen (secondary N) is 1. The Balaban J connectivity index is 1.61. The van der Waals surface area contributed by atoms with Gasteiger partial charge in [-0.3, -0.25) is 9.48 Å². The average molecular weight is 413 g/mol. The van der Waals surface area contributed by atoms with Gasteiger partial charge < -0.3 is 5.32 Å². The molecule has 4 rings (SSSR count). The molecule has 1 fully saturated rings. The molecule has 148 valence electrons. The SMILES string of the molecule is CCn1cc(Cl)c(CNC(=O)c2cc3nc(C4CC4)cc(C(F)(F)F)n3n2)n1. The number of carbonyl (C=O) groups is 1. The van der Waals surface area contributed by atoms with Crippen molar-refractivity contribution in [2.75, 3.05) is 0 Å². The highest BCUT2D eigenvalue weighted by Crippen LogP contribution is 2.41. The normalized spacial score (nSPS) is 14.6. The molecule has 7 nitrogen and oxygen atoms in total. The number of carbonyl (C=O) groups excluding carboxylic acids is 1. The highest BCUT2D eigenvalue weighted by molar-refractivity contribution is 6.31. The van der Waals surface area contributed by atoms with Crippen LogP contribution in [0.5, 0.6) is 0 Å². The number of aryl methyl sites for hydroxylation is 1. The van der Waals surface area contributed by atoms with Crippen molar-refractivity contribution in [2.24, 2.45) is 0 Å². The third-order valence-corrected chi connectivity index (χ3v) is 4.81. The number of fused-ring (bicyclic) bond motifs is 1. The molecule has 1 amide bonds. The molecule has 0 atom stereocenters. The number of amides is 1. The Labute approximate surface area is 162 Å². The van der Waals surface area contributed by atoms with Gasteiger partial charge in [-0.1, -0.05) is 11.6 Å². The molecule has 11 heteroatoms. The zero-order valence-corrected chi connectivity index (χ0v) is 15.5. The van der Waals surface area contributed by atoms with Crippen LogP contribution in [0.2, 0.25) is 5.02 Å². The van der Waals surface area contributed by atoms with E-state index in [0.29, 0.717) is 27.5 Å². The van der Waals surface area contributed by atoms with Crippen molar-refractivity contribution < 1.29 is 18.0 Å². The average Bonchev–Trinajstić information content (AvgIpc) is 3.30. The van der Waals surface area contributed by atoms with Crippen molar-refractivity contribution in [1.82, 2.24) is 29.7 Å². The predicted molar refractivity (Wildman–Crippen MR) is 94.0 cm³/mol. The first-order chi connectivity index (χ1) is 13.3. The number of nitrogens with zero attached hydrogens (tertiary/aromatic N) is 5. The van der Waals surface area contributed by atoms with Crippen molar-refractivity contribution in [3.8, 4) is 0 Å². The second-order valence-corrected chi connectivity index (χ2v) is 7.01. The van der Waals surface area contributed by atoms with Crippen molar-refractivity contribution >= 4 is 23.2 Å². The third kappa shape index (κ3) is 3.56. The largest absolute Gasteiger partial charge is 0.433 e. The second kappa shape index (κ2) is 6.77. The van der Waals surface area contributed by atoms with E-state index < -0.39 is 17.8 Å². The Hall–Kier alpha value is -2.62. The van der Waals surface area contributed by atoms with Crippen molar-refractivity contribution in [3.63, 3.8) is 0 Å². The molecule has 0 bridgehead atoms. The van der Waals surface area contributed by atoms with E-state index in [2.05, 4.69) is 20.5 Å². The predicted octanol–water partition coefficient (Wildman–Crippen LogP) is 3.43. The zero-order valence-electron chi connectivity index (χ0n) is 14.8. The van der Waals surface area contributed by atoms with E-state index in [9.17, 15) is 18.0 Å². The minimum absolute atomic E-state index is 0.00447. The van der Waals surface area contributed by atoms with Gasteiger partial charge in [0, 0.05) is 30.4 Å². The van der Waals surface area contributed by atoms with Crippen molar-refractivity contribution in [1.29, 1.82) is 0 Å². The fraction of sp³-hybridized carbons (Fsp3) is 0.412. The maximum atomic E-state index is 13.4. The minimum Gasteiger partial charge on any atom is -0.345 e. The van der Waals surface area contributed by atoms with Crippen LogP contribution in [0.4, 0.5) is 13.2 Å². The summed E-state index contributed by atoms with van der Waals surface area (Å²) in [6.45, 7) is 2.55. The summed E-state index contributed by atoms with van der Waals surface area (Å²) >= 11 is 6.05. The Morgan fingerprint density at radius 3 is 2.68 bits per heavy atom. The summed E-state index contributed by atoms with van der Waals surface area (Å²) in [5.74, 6) is -0.595. The molecular weight excluding hydrogens is 397 g/mol. The fourth-order valence-corrected chi connectivity index (χ4v) is 3.09. The van der Waals surface area contributed by atoms with Gasteiger partial charge in [-0.05, 0) is 25.8 Å². The molecular formula is C17H16ClF3N6O. The maximum absolute atomic E-state index is 13.4. The molecule has 0 aliphatic heterocycles. The topological polar surface area (TPSA) is 77.1 Å². The van der Waals surface area contributed by atoms with Gasteiger partial charge in [-0.2, -0.15) is 23.4 Å². The van der Waals surface area contributed by atoms with E-state index in [0.717, 1.165) is 18.9 Å². The summed E-state index contributed by atoms with van der Waals surface area (Å²) in [5.41, 5.74) is -0.260. The summed E-state index contributed by atoms with van der Waals surface area (Å²) < 4.78 is 42.6. The van der Waals surface area contributed by atoms with Crippen LogP contribution in [-0.2, 0) is 19.3 Å². The summed E-state index contributed by atoms with van der Waals surface area (Å²) in [6, 6.07) is 2.26. The van der Waals surface area contributed by atoms with Crippen LogP contribution in [0.15, 0.2) is 18.3 Å². The van der Waals surface area contributed by atoms with Crippen LogP contribution in [0.3, 0.4) is 0 Å². The molecule has 3 aromatic rings. The standard InChI is InChI=1S/C17H16ClF3N6O/c1-2-26-8-10(18)13(24-26)7-22-16(28)12-6-15-23-11(9-3-4-9)5-14(17(19,20)21)27(15)25-12/h5-6,8-9H,2-4,7H2,1H3,(H,22,28).